The SMILES string of the molecule is CCC(O)c1ccc(N2CCN(C(C)C)CC2)nc1C. The van der Waals surface area contributed by atoms with Gasteiger partial charge in [-0.25, -0.2) is 4.98 Å². The zero-order chi connectivity index (χ0) is 14.7. The van der Waals surface area contributed by atoms with Crippen LogP contribution in [0, 0.1) is 6.92 Å². The largest absolute Gasteiger partial charge is 0.388 e. The number of hydrogen-bond acceptors (Lipinski definition) is 4. The van der Waals surface area contributed by atoms with Gasteiger partial charge in [0.05, 0.1) is 6.10 Å². The minimum Gasteiger partial charge on any atom is -0.388 e. The van der Waals surface area contributed by atoms with E-state index in [9.17, 15) is 5.11 Å². The van der Waals surface area contributed by atoms with E-state index in [1.54, 1.807) is 0 Å². The third-order valence-electron chi connectivity index (χ3n) is 4.23. The molecular formula is C16H27N3O. The predicted octanol–water partition coefficient (Wildman–Crippen LogP) is 2.36. The van der Waals surface area contributed by atoms with Crippen LogP contribution in [0.2, 0.25) is 0 Å². The minimum atomic E-state index is -0.394. The van der Waals surface area contributed by atoms with Crippen molar-refractivity contribution in [2.45, 2.75) is 46.3 Å². The normalized spacial score (nSPS) is 18.6. The lowest BCUT2D eigenvalue weighted by Gasteiger charge is -2.37. The van der Waals surface area contributed by atoms with Crippen LogP contribution >= 0.6 is 0 Å². The molecule has 1 aromatic heterocycles. The molecule has 1 unspecified atom stereocenters. The van der Waals surface area contributed by atoms with Gasteiger partial charge in [0.1, 0.15) is 5.82 Å². The van der Waals surface area contributed by atoms with E-state index in [4.69, 9.17) is 0 Å². The van der Waals surface area contributed by atoms with Crippen LogP contribution in [-0.2, 0) is 0 Å². The Morgan fingerprint density at radius 2 is 1.85 bits per heavy atom. The molecule has 1 aromatic rings. The van der Waals surface area contributed by atoms with Gasteiger partial charge >= 0.3 is 0 Å². The van der Waals surface area contributed by atoms with Crippen LogP contribution in [0.3, 0.4) is 0 Å². The number of aromatic nitrogens is 1. The molecule has 1 N–H and O–H groups in total. The summed E-state index contributed by atoms with van der Waals surface area (Å²) in [5, 5.41) is 9.95. The maximum absolute atomic E-state index is 9.95. The number of anilines is 1. The Bertz CT molecular complexity index is 439. The smallest absolute Gasteiger partial charge is 0.128 e. The molecule has 0 radical (unpaired) electrons. The van der Waals surface area contributed by atoms with Crippen molar-refractivity contribution in [2.75, 3.05) is 31.1 Å². The minimum absolute atomic E-state index is 0.394. The molecule has 0 saturated carbocycles. The molecule has 0 bridgehead atoms. The van der Waals surface area contributed by atoms with Crippen LogP contribution in [0.4, 0.5) is 5.82 Å². The van der Waals surface area contributed by atoms with Gasteiger partial charge in [-0.3, -0.25) is 4.90 Å². The highest BCUT2D eigenvalue weighted by Gasteiger charge is 2.20. The fraction of sp³-hybridized carbons (Fsp3) is 0.688. The number of aliphatic hydroxyl groups excluding tert-OH is 1. The van der Waals surface area contributed by atoms with Crippen molar-refractivity contribution < 1.29 is 5.11 Å². The molecule has 0 spiro atoms. The molecule has 112 valence electrons. The summed E-state index contributed by atoms with van der Waals surface area (Å²) in [4.78, 5) is 9.52. The fourth-order valence-corrected chi connectivity index (χ4v) is 2.77. The van der Waals surface area contributed by atoms with Crippen molar-refractivity contribution in [3.63, 3.8) is 0 Å². The van der Waals surface area contributed by atoms with E-state index in [1.807, 2.05) is 26.0 Å². The first-order chi connectivity index (χ1) is 9.52. The van der Waals surface area contributed by atoms with Crippen LogP contribution in [0.5, 0.6) is 0 Å². The Morgan fingerprint density at radius 1 is 1.20 bits per heavy atom. The van der Waals surface area contributed by atoms with Crippen LogP contribution in [0.15, 0.2) is 12.1 Å². The summed E-state index contributed by atoms with van der Waals surface area (Å²) in [7, 11) is 0. The number of hydrogen-bond donors (Lipinski definition) is 1. The molecule has 0 aromatic carbocycles. The van der Waals surface area contributed by atoms with E-state index < -0.39 is 6.10 Å². The zero-order valence-electron chi connectivity index (χ0n) is 13.1. The van der Waals surface area contributed by atoms with Gasteiger partial charge in [-0.05, 0) is 33.3 Å². The third-order valence-corrected chi connectivity index (χ3v) is 4.23. The zero-order valence-corrected chi connectivity index (χ0v) is 13.1. The average molecular weight is 277 g/mol. The Balaban J connectivity index is 2.06. The number of aryl methyl sites for hydroxylation is 1. The highest BCUT2D eigenvalue weighted by molar-refractivity contribution is 5.42. The maximum Gasteiger partial charge on any atom is 0.128 e. The third kappa shape index (κ3) is 3.30. The molecule has 1 aliphatic heterocycles. The molecule has 2 heterocycles. The van der Waals surface area contributed by atoms with Gasteiger partial charge in [-0.2, -0.15) is 0 Å². The lowest BCUT2D eigenvalue weighted by Crippen LogP contribution is -2.49. The number of nitrogens with zero attached hydrogens (tertiary/aromatic N) is 3. The van der Waals surface area contributed by atoms with Gasteiger partial charge in [-0.1, -0.05) is 13.0 Å². The van der Waals surface area contributed by atoms with Crippen molar-refractivity contribution in [3.8, 4) is 0 Å². The first-order valence-electron chi connectivity index (χ1n) is 7.67. The highest BCUT2D eigenvalue weighted by atomic mass is 16.3. The Hall–Kier alpha value is -1.13. The van der Waals surface area contributed by atoms with Crippen molar-refractivity contribution in [3.05, 3.63) is 23.4 Å². The second-order valence-electron chi connectivity index (χ2n) is 5.88. The quantitative estimate of drug-likeness (QED) is 0.917. The van der Waals surface area contributed by atoms with Crippen molar-refractivity contribution in [2.24, 2.45) is 0 Å². The maximum atomic E-state index is 9.95. The summed E-state index contributed by atoms with van der Waals surface area (Å²) >= 11 is 0. The number of aliphatic hydroxyl groups is 1. The second-order valence-corrected chi connectivity index (χ2v) is 5.88. The molecule has 4 nitrogen and oxygen atoms in total. The monoisotopic (exact) mass is 277 g/mol. The predicted molar refractivity (Wildman–Crippen MR) is 83.1 cm³/mol. The summed E-state index contributed by atoms with van der Waals surface area (Å²) in [5.74, 6) is 1.04. The fourth-order valence-electron chi connectivity index (χ4n) is 2.77. The first kappa shape index (κ1) is 15.3. The van der Waals surface area contributed by atoms with E-state index >= 15 is 0 Å². The van der Waals surface area contributed by atoms with Gasteiger partial charge in [0, 0.05) is 43.5 Å². The van der Waals surface area contributed by atoms with E-state index in [0.717, 1.165) is 49.7 Å². The second kappa shape index (κ2) is 6.55. The molecule has 1 saturated heterocycles. The molecule has 1 atom stereocenters. The standard InChI is InChI=1S/C16H27N3O/c1-5-15(20)14-6-7-16(17-13(14)4)19-10-8-18(9-11-19)12(2)3/h6-7,12,15,20H,5,8-11H2,1-4H3. The summed E-state index contributed by atoms with van der Waals surface area (Å²) in [6.45, 7) is 12.7. The van der Waals surface area contributed by atoms with Gasteiger partial charge in [-0.15, -0.1) is 0 Å². The highest BCUT2D eigenvalue weighted by Crippen LogP contribution is 2.23. The van der Waals surface area contributed by atoms with Gasteiger partial charge in [0.25, 0.3) is 0 Å². The molecule has 1 fully saturated rings. The molecule has 0 amide bonds. The van der Waals surface area contributed by atoms with Crippen molar-refractivity contribution >= 4 is 5.82 Å². The molecule has 2 rings (SSSR count). The first-order valence-corrected chi connectivity index (χ1v) is 7.67. The van der Waals surface area contributed by atoms with Crippen LogP contribution < -0.4 is 4.90 Å². The Kier molecular flexibility index (Phi) is 5.00. The van der Waals surface area contributed by atoms with Gasteiger partial charge in [0.15, 0.2) is 0 Å². The molecule has 1 aliphatic rings. The average Bonchev–Trinajstić information content (AvgIpc) is 2.46. The topological polar surface area (TPSA) is 39.6 Å². The number of rotatable bonds is 4. The number of pyridine rings is 1. The van der Waals surface area contributed by atoms with Crippen molar-refractivity contribution in [1.82, 2.24) is 9.88 Å². The summed E-state index contributed by atoms with van der Waals surface area (Å²) < 4.78 is 0. The molecule has 20 heavy (non-hydrogen) atoms. The van der Waals surface area contributed by atoms with E-state index in [2.05, 4.69) is 28.6 Å². The lowest BCUT2D eigenvalue weighted by atomic mass is 10.1. The van der Waals surface area contributed by atoms with Crippen LogP contribution in [0.25, 0.3) is 0 Å². The van der Waals surface area contributed by atoms with E-state index in [0.29, 0.717) is 6.04 Å². The van der Waals surface area contributed by atoms with Crippen molar-refractivity contribution in [1.29, 1.82) is 0 Å². The summed E-state index contributed by atoms with van der Waals surface area (Å²) in [6, 6.07) is 4.70. The Morgan fingerprint density at radius 3 is 2.35 bits per heavy atom. The van der Waals surface area contributed by atoms with Crippen LogP contribution in [0.1, 0.15) is 44.6 Å². The molecular weight excluding hydrogens is 250 g/mol. The van der Waals surface area contributed by atoms with E-state index in [-0.39, 0.29) is 0 Å². The Labute approximate surface area is 122 Å². The lowest BCUT2D eigenvalue weighted by molar-refractivity contribution is 0.172. The summed E-state index contributed by atoms with van der Waals surface area (Å²) in [5.41, 5.74) is 1.90. The van der Waals surface area contributed by atoms with Crippen LogP contribution in [-0.4, -0.2) is 47.2 Å². The summed E-state index contributed by atoms with van der Waals surface area (Å²) in [6.07, 6.45) is 0.337. The molecule has 0 aliphatic carbocycles. The van der Waals surface area contributed by atoms with E-state index in [1.165, 1.54) is 0 Å². The van der Waals surface area contributed by atoms with Gasteiger partial charge in [0.2, 0.25) is 0 Å². The molecule has 4 heteroatoms. The number of piperazine rings is 1. The van der Waals surface area contributed by atoms with Gasteiger partial charge < -0.3 is 10.0 Å².